The summed E-state index contributed by atoms with van der Waals surface area (Å²) in [5.74, 6) is -0.868. The largest absolute Gasteiger partial charge is 0.373 e. The highest BCUT2D eigenvalue weighted by Gasteiger charge is 2.62. The molecule has 4 saturated heterocycles. The zero-order chi connectivity index (χ0) is 16.1. The van der Waals surface area contributed by atoms with E-state index in [1.165, 1.54) is 4.90 Å². The summed E-state index contributed by atoms with van der Waals surface area (Å²) in [6.07, 6.45) is 2.72. The smallest absolute Gasteiger partial charge is 0.235 e. The second-order valence-corrected chi connectivity index (χ2v) is 7.07. The molecular formula is C16H23N3O4. The Morgan fingerprint density at radius 1 is 1.22 bits per heavy atom. The first-order valence-electron chi connectivity index (χ1n) is 8.55. The monoisotopic (exact) mass is 321 g/mol. The minimum atomic E-state index is -0.298. The number of carbonyl (C=O) groups excluding carboxylic acids is 3. The zero-order valence-corrected chi connectivity index (χ0v) is 13.4. The average Bonchev–Trinajstić information content (AvgIpc) is 3.30. The van der Waals surface area contributed by atoms with Crippen molar-refractivity contribution in [3.63, 3.8) is 0 Å². The lowest BCUT2D eigenvalue weighted by Crippen LogP contribution is -2.41. The Morgan fingerprint density at radius 3 is 2.43 bits per heavy atom. The molecule has 126 valence electrons. The minimum absolute atomic E-state index is 0.00409. The highest BCUT2D eigenvalue weighted by molar-refractivity contribution is 6.06. The van der Waals surface area contributed by atoms with Crippen molar-refractivity contribution in [3.05, 3.63) is 0 Å². The number of hydrogen-bond acceptors (Lipinski definition) is 5. The third-order valence-electron chi connectivity index (χ3n) is 5.90. The van der Waals surface area contributed by atoms with Crippen LogP contribution in [0.15, 0.2) is 0 Å². The van der Waals surface area contributed by atoms with E-state index in [0.717, 1.165) is 32.4 Å². The number of amides is 3. The molecule has 0 aliphatic carbocycles. The molecule has 3 amide bonds. The van der Waals surface area contributed by atoms with Crippen LogP contribution in [0.3, 0.4) is 0 Å². The molecule has 1 N–H and O–H groups in total. The van der Waals surface area contributed by atoms with Crippen LogP contribution in [-0.2, 0) is 19.1 Å². The maximum absolute atomic E-state index is 12.5. The number of ether oxygens (including phenoxy) is 1. The van der Waals surface area contributed by atoms with Gasteiger partial charge in [0, 0.05) is 32.6 Å². The SMILES string of the molecule is CN(C(=O)CCN1C(=O)C2C3CCC(O3)C2C1=O)C1CCNC1. The Kier molecular flexibility index (Phi) is 3.65. The maximum atomic E-state index is 12.5. The highest BCUT2D eigenvalue weighted by atomic mass is 16.5. The standard InChI is InChI=1S/C16H23N3O4/c1-18(9-4-6-17-8-9)12(20)5-7-19-15(21)13-10-2-3-11(23-10)14(13)16(19)22/h9-11,13-14,17H,2-8H2,1H3. The summed E-state index contributed by atoms with van der Waals surface area (Å²) in [6.45, 7) is 1.94. The van der Waals surface area contributed by atoms with Crippen molar-refractivity contribution < 1.29 is 19.1 Å². The molecular weight excluding hydrogens is 298 g/mol. The van der Waals surface area contributed by atoms with Gasteiger partial charge in [-0.2, -0.15) is 0 Å². The fourth-order valence-electron chi connectivity index (χ4n) is 4.55. The van der Waals surface area contributed by atoms with E-state index in [1.807, 2.05) is 0 Å². The van der Waals surface area contributed by atoms with Crippen molar-refractivity contribution in [1.29, 1.82) is 0 Å². The first-order chi connectivity index (χ1) is 11.1. The van der Waals surface area contributed by atoms with Crippen molar-refractivity contribution in [1.82, 2.24) is 15.1 Å². The van der Waals surface area contributed by atoms with Crippen molar-refractivity contribution in [2.75, 3.05) is 26.7 Å². The molecule has 5 unspecified atom stereocenters. The first-order valence-corrected chi connectivity index (χ1v) is 8.55. The summed E-state index contributed by atoms with van der Waals surface area (Å²) in [5.41, 5.74) is 0. The Labute approximate surface area is 135 Å². The Morgan fingerprint density at radius 2 is 1.87 bits per heavy atom. The number of hydrogen-bond donors (Lipinski definition) is 1. The number of nitrogens with zero attached hydrogens (tertiary/aromatic N) is 2. The van der Waals surface area contributed by atoms with E-state index in [4.69, 9.17) is 4.74 Å². The van der Waals surface area contributed by atoms with E-state index < -0.39 is 0 Å². The molecule has 0 aromatic rings. The van der Waals surface area contributed by atoms with Gasteiger partial charge in [-0.1, -0.05) is 0 Å². The van der Waals surface area contributed by atoms with Gasteiger partial charge >= 0.3 is 0 Å². The Hall–Kier alpha value is -1.47. The second-order valence-electron chi connectivity index (χ2n) is 7.07. The van der Waals surface area contributed by atoms with Gasteiger partial charge in [-0.3, -0.25) is 19.3 Å². The lowest BCUT2D eigenvalue weighted by Gasteiger charge is -2.25. The quantitative estimate of drug-likeness (QED) is 0.697. The topological polar surface area (TPSA) is 79.0 Å². The third-order valence-corrected chi connectivity index (χ3v) is 5.90. The summed E-state index contributed by atoms with van der Waals surface area (Å²) in [7, 11) is 1.80. The van der Waals surface area contributed by atoms with Crippen LogP contribution in [-0.4, -0.2) is 72.5 Å². The van der Waals surface area contributed by atoms with E-state index in [-0.39, 0.29) is 60.8 Å². The minimum Gasteiger partial charge on any atom is -0.373 e. The molecule has 7 heteroatoms. The van der Waals surface area contributed by atoms with Gasteiger partial charge in [0.05, 0.1) is 24.0 Å². The molecule has 2 bridgehead atoms. The third kappa shape index (κ3) is 2.29. The average molecular weight is 321 g/mol. The van der Waals surface area contributed by atoms with E-state index in [0.29, 0.717) is 0 Å². The van der Waals surface area contributed by atoms with Gasteiger partial charge < -0.3 is 15.0 Å². The van der Waals surface area contributed by atoms with Gasteiger partial charge in [-0.25, -0.2) is 0 Å². The van der Waals surface area contributed by atoms with Crippen molar-refractivity contribution in [2.24, 2.45) is 11.8 Å². The van der Waals surface area contributed by atoms with E-state index >= 15 is 0 Å². The van der Waals surface area contributed by atoms with Gasteiger partial charge in [0.15, 0.2) is 0 Å². The molecule has 0 spiro atoms. The molecule has 0 aromatic heterocycles. The molecule has 4 aliphatic rings. The van der Waals surface area contributed by atoms with Crippen molar-refractivity contribution in [2.45, 2.75) is 43.9 Å². The summed E-state index contributed by atoms with van der Waals surface area (Å²) >= 11 is 0. The van der Waals surface area contributed by atoms with Crippen LogP contribution in [0.2, 0.25) is 0 Å². The molecule has 0 radical (unpaired) electrons. The van der Waals surface area contributed by atoms with Crippen LogP contribution in [0, 0.1) is 11.8 Å². The Bertz CT molecular complexity index is 517. The molecule has 5 atom stereocenters. The van der Waals surface area contributed by atoms with Gasteiger partial charge in [-0.05, 0) is 25.8 Å². The fourth-order valence-corrected chi connectivity index (χ4v) is 4.55. The molecule has 7 nitrogen and oxygen atoms in total. The van der Waals surface area contributed by atoms with Crippen LogP contribution >= 0.6 is 0 Å². The van der Waals surface area contributed by atoms with Crippen molar-refractivity contribution in [3.8, 4) is 0 Å². The number of nitrogens with one attached hydrogen (secondary N) is 1. The summed E-state index contributed by atoms with van der Waals surface area (Å²) < 4.78 is 5.71. The molecule has 0 saturated carbocycles. The van der Waals surface area contributed by atoms with Gasteiger partial charge in [-0.15, -0.1) is 0 Å². The second kappa shape index (κ2) is 5.56. The number of carbonyl (C=O) groups is 3. The number of fused-ring (bicyclic) bond motifs is 5. The molecule has 0 aromatic carbocycles. The maximum Gasteiger partial charge on any atom is 0.235 e. The number of likely N-dealkylation sites (N-methyl/N-ethyl adjacent to an activating group) is 1. The molecule has 4 heterocycles. The van der Waals surface area contributed by atoms with E-state index in [1.54, 1.807) is 11.9 Å². The van der Waals surface area contributed by atoms with Crippen LogP contribution < -0.4 is 5.32 Å². The molecule has 4 fully saturated rings. The molecule has 4 rings (SSSR count). The van der Waals surface area contributed by atoms with Gasteiger partial charge in [0.1, 0.15) is 0 Å². The van der Waals surface area contributed by atoms with Crippen LogP contribution in [0.1, 0.15) is 25.7 Å². The number of rotatable bonds is 4. The van der Waals surface area contributed by atoms with Gasteiger partial charge in [0.2, 0.25) is 17.7 Å². The molecule has 23 heavy (non-hydrogen) atoms. The predicted molar refractivity (Wildman–Crippen MR) is 80.3 cm³/mol. The van der Waals surface area contributed by atoms with Crippen LogP contribution in [0.4, 0.5) is 0 Å². The lowest BCUT2D eigenvalue weighted by molar-refractivity contribution is -0.143. The summed E-state index contributed by atoms with van der Waals surface area (Å²) in [6, 6.07) is 0.219. The molecule has 4 aliphatic heterocycles. The predicted octanol–water partition coefficient (Wildman–Crippen LogP) is -0.641. The normalized spacial score (nSPS) is 38.5. The van der Waals surface area contributed by atoms with Crippen LogP contribution in [0.25, 0.3) is 0 Å². The number of imide groups is 1. The number of likely N-dealkylation sites (tertiary alicyclic amines) is 1. The Balaban J connectivity index is 1.37. The summed E-state index contributed by atoms with van der Waals surface area (Å²) in [4.78, 5) is 40.4. The van der Waals surface area contributed by atoms with E-state index in [2.05, 4.69) is 5.32 Å². The van der Waals surface area contributed by atoms with Crippen LogP contribution in [0.5, 0.6) is 0 Å². The zero-order valence-electron chi connectivity index (χ0n) is 13.4. The first kappa shape index (κ1) is 15.1. The fraction of sp³-hybridized carbons (Fsp3) is 0.812. The lowest BCUT2D eigenvalue weighted by atomic mass is 9.81. The summed E-state index contributed by atoms with van der Waals surface area (Å²) in [5, 5.41) is 3.24. The van der Waals surface area contributed by atoms with E-state index in [9.17, 15) is 14.4 Å². The van der Waals surface area contributed by atoms with Gasteiger partial charge in [0.25, 0.3) is 0 Å². The highest BCUT2D eigenvalue weighted by Crippen LogP contribution is 2.48. The van der Waals surface area contributed by atoms with Crippen molar-refractivity contribution >= 4 is 17.7 Å².